The van der Waals surface area contributed by atoms with E-state index in [1.54, 1.807) is 0 Å². The van der Waals surface area contributed by atoms with Crippen molar-refractivity contribution in [1.82, 2.24) is 10.2 Å². The lowest BCUT2D eigenvalue weighted by atomic mass is 9.97. The van der Waals surface area contributed by atoms with Gasteiger partial charge in [-0.15, -0.1) is 0 Å². The van der Waals surface area contributed by atoms with Gasteiger partial charge in [0.05, 0.1) is 0 Å². The highest BCUT2D eigenvalue weighted by molar-refractivity contribution is 5.27. The van der Waals surface area contributed by atoms with E-state index in [2.05, 4.69) is 47.6 Å². The summed E-state index contributed by atoms with van der Waals surface area (Å²) in [6.45, 7) is 3.78. The van der Waals surface area contributed by atoms with Crippen LogP contribution < -0.4 is 5.32 Å². The number of piperidine rings is 1. The molecule has 2 aliphatic rings. The maximum atomic E-state index is 3.77. The van der Waals surface area contributed by atoms with Gasteiger partial charge in [-0.2, -0.15) is 0 Å². The number of nitrogens with zero attached hydrogens (tertiary/aromatic N) is 1. The van der Waals surface area contributed by atoms with Crippen molar-refractivity contribution in [3.8, 4) is 0 Å². The third-order valence-corrected chi connectivity index (χ3v) is 4.53. The Morgan fingerprint density at radius 3 is 2.61 bits per heavy atom. The van der Waals surface area contributed by atoms with Crippen LogP contribution in [0.1, 0.15) is 30.7 Å². The molecule has 0 spiro atoms. The molecule has 1 aliphatic heterocycles. The molecule has 1 aliphatic carbocycles. The molecule has 1 N–H and O–H groups in total. The highest BCUT2D eigenvalue weighted by atomic mass is 15.1. The fourth-order valence-electron chi connectivity index (χ4n) is 3.07. The molecular weight excluding hydrogens is 220 g/mol. The van der Waals surface area contributed by atoms with Crippen LogP contribution in [-0.2, 0) is 0 Å². The molecule has 1 aromatic carbocycles. The fourth-order valence-corrected chi connectivity index (χ4v) is 3.07. The van der Waals surface area contributed by atoms with E-state index in [1.165, 1.54) is 44.5 Å². The summed E-state index contributed by atoms with van der Waals surface area (Å²) >= 11 is 0. The van der Waals surface area contributed by atoms with E-state index < -0.39 is 0 Å². The van der Waals surface area contributed by atoms with Gasteiger partial charge in [-0.3, -0.25) is 0 Å². The Morgan fingerprint density at radius 2 is 1.89 bits per heavy atom. The third-order valence-electron chi connectivity index (χ3n) is 4.53. The molecule has 3 rings (SSSR count). The maximum Gasteiger partial charge on any atom is 0.0143 e. The van der Waals surface area contributed by atoms with Gasteiger partial charge in [0.25, 0.3) is 0 Å². The van der Waals surface area contributed by atoms with Crippen LogP contribution in [0.25, 0.3) is 0 Å². The lowest BCUT2D eigenvalue weighted by molar-refractivity contribution is 0.215. The Balaban J connectivity index is 1.41. The van der Waals surface area contributed by atoms with Gasteiger partial charge in [0, 0.05) is 12.0 Å². The first kappa shape index (κ1) is 12.2. The van der Waals surface area contributed by atoms with E-state index in [1.807, 2.05) is 0 Å². The first-order chi connectivity index (χ1) is 8.83. The van der Waals surface area contributed by atoms with Crippen LogP contribution in [0, 0.1) is 5.92 Å². The van der Waals surface area contributed by atoms with Crippen LogP contribution in [-0.4, -0.2) is 37.6 Å². The van der Waals surface area contributed by atoms with E-state index in [4.69, 9.17) is 0 Å². The summed E-state index contributed by atoms with van der Waals surface area (Å²) < 4.78 is 0. The summed E-state index contributed by atoms with van der Waals surface area (Å²) in [6, 6.07) is 11.7. The van der Waals surface area contributed by atoms with Gasteiger partial charge in [0.15, 0.2) is 0 Å². The predicted molar refractivity (Wildman–Crippen MR) is 75.8 cm³/mol. The first-order valence-electron chi connectivity index (χ1n) is 7.30. The number of hydrogen-bond donors (Lipinski definition) is 1. The molecule has 2 fully saturated rings. The molecule has 1 unspecified atom stereocenters. The number of nitrogens with one attached hydrogen (secondary N) is 1. The van der Waals surface area contributed by atoms with Crippen LogP contribution in [0.5, 0.6) is 0 Å². The Hall–Kier alpha value is -0.860. The normalized spacial score (nSPS) is 29.4. The van der Waals surface area contributed by atoms with Crippen LogP contribution in [0.15, 0.2) is 30.3 Å². The number of likely N-dealkylation sites (tertiary alicyclic amines) is 1. The van der Waals surface area contributed by atoms with Gasteiger partial charge >= 0.3 is 0 Å². The number of rotatable bonds is 4. The van der Waals surface area contributed by atoms with Crippen molar-refractivity contribution in [1.29, 1.82) is 0 Å². The third kappa shape index (κ3) is 2.93. The molecule has 2 nitrogen and oxygen atoms in total. The second-order valence-electron chi connectivity index (χ2n) is 6.01. The minimum Gasteiger partial charge on any atom is -0.313 e. The van der Waals surface area contributed by atoms with Crippen LogP contribution in [0.2, 0.25) is 0 Å². The summed E-state index contributed by atoms with van der Waals surface area (Å²) in [6.07, 6.45) is 4.06. The minimum atomic E-state index is 0.743. The van der Waals surface area contributed by atoms with Crippen molar-refractivity contribution < 1.29 is 0 Å². The van der Waals surface area contributed by atoms with Gasteiger partial charge in [0.2, 0.25) is 0 Å². The average Bonchev–Trinajstić information content (AvgIpc) is 3.19. The van der Waals surface area contributed by atoms with E-state index >= 15 is 0 Å². The molecule has 18 heavy (non-hydrogen) atoms. The SMILES string of the molecule is CN1CCC(CN[C@H]2CC2c2ccccc2)CC1. The Morgan fingerprint density at radius 1 is 1.17 bits per heavy atom. The molecule has 0 amide bonds. The van der Waals surface area contributed by atoms with E-state index in [9.17, 15) is 0 Å². The maximum absolute atomic E-state index is 3.77. The molecule has 2 heteroatoms. The van der Waals surface area contributed by atoms with Crippen molar-refractivity contribution in [2.75, 3.05) is 26.7 Å². The molecule has 0 bridgehead atoms. The summed E-state index contributed by atoms with van der Waals surface area (Å²) in [5.74, 6) is 1.68. The topological polar surface area (TPSA) is 15.3 Å². The molecule has 1 aromatic rings. The summed E-state index contributed by atoms with van der Waals surface area (Å²) in [5.41, 5.74) is 1.51. The van der Waals surface area contributed by atoms with Gasteiger partial charge < -0.3 is 10.2 Å². The van der Waals surface area contributed by atoms with Gasteiger partial charge in [-0.1, -0.05) is 30.3 Å². The molecule has 98 valence electrons. The van der Waals surface area contributed by atoms with E-state index in [0.717, 1.165) is 17.9 Å². The second-order valence-corrected chi connectivity index (χ2v) is 6.01. The summed E-state index contributed by atoms with van der Waals surface area (Å²) in [5, 5.41) is 3.77. The highest BCUT2D eigenvalue weighted by Gasteiger charge is 2.38. The zero-order valence-electron chi connectivity index (χ0n) is 11.3. The fraction of sp³-hybridized carbons (Fsp3) is 0.625. The Kier molecular flexibility index (Phi) is 3.67. The van der Waals surface area contributed by atoms with Crippen LogP contribution >= 0.6 is 0 Å². The lowest BCUT2D eigenvalue weighted by Crippen LogP contribution is -2.35. The monoisotopic (exact) mass is 244 g/mol. The van der Waals surface area contributed by atoms with E-state index in [-0.39, 0.29) is 0 Å². The molecule has 1 heterocycles. The van der Waals surface area contributed by atoms with Gasteiger partial charge in [-0.25, -0.2) is 0 Å². The Bertz CT molecular complexity index is 368. The van der Waals surface area contributed by atoms with Crippen molar-refractivity contribution in [2.24, 2.45) is 5.92 Å². The number of benzene rings is 1. The molecule has 1 saturated carbocycles. The molecule has 2 atom stereocenters. The van der Waals surface area contributed by atoms with Gasteiger partial charge in [-0.05, 0) is 57.4 Å². The lowest BCUT2D eigenvalue weighted by Gasteiger charge is -2.29. The smallest absolute Gasteiger partial charge is 0.0143 e. The molecular formula is C16H24N2. The number of hydrogen-bond acceptors (Lipinski definition) is 2. The average molecular weight is 244 g/mol. The van der Waals surface area contributed by atoms with E-state index in [0.29, 0.717) is 0 Å². The zero-order chi connectivity index (χ0) is 12.4. The van der Waals surface area contributed by atoms with Crippen molar-refractivity contribution in [2.45, 2.75) is 31.2 Å². The molecule has 1 saturated heterocycles. The first-order valence-corrected chi connectivity index (χ1v) is 7.30. The molecule has 0 radical (unpaired) electrons. The predicted octanol–water partition coefficient (Wildman–Crippen LogP) is 2.47. The van der Waals surface area contributed by atoms with Gasteiger partial charge in [0.1, 0.15) is 0 Å². The standard InChI is InChI=1S/C16H24N2/c1-18-9-7-13(8-10-18)12-17-16-11-15(16)14-5-3-2-4-6-14/h2-6,13,15-17H,7-12H2,1H3/t15?,16-/m0/s1. The zero-order valence-corrected chi connectivity index (χ0v) is 11.3. The minimum absolute atomic E-state index is 0.743. The van der Waals surface area contributed by atoms with Crippen molar-refractivity contribution >= 4 is 0 Å². The van der Waals surface area contributed by atoms with Crippen molar-refractivity contribution in [3.05, 3.63) is 35.9 Å². The Labute approximate surface area is 110 Å². The highest BCUT2D eigenvalue weighted by Crippen LogP contribution is 2.40. The second kappa shape index (κ2) is 5.41. The van der Waals surface area contributed by atoms with Crippen LogP contribution in [0.3, 0.4) is 0 Å². The van der Waals surface area contributed by atoms with Crippen LogP contribution in [0.4, 0.5) is 0 Å². The summed E-state index contributed by atoms with van der Waals surface area (Å²) in [7, 11) is 2.23. The van der Waals surface area contributed by atoms with Crippen molar-refractivity contribution in [3.63, 3.8) is 0 Å². The largest absolute Gasteiger partial charge is 0.313 e. The summed E-state index contributed by atoms with van der Waals surface area (Å²) in [4.78, 5) is 2.44. The quantitative estimate of drug-likeness (QED) is 0.875. The molecule has 0 aromatic heterocycles.